The van der Waals surface area contributed by atoms with Gasteiger partial charge in [0.15, 0.2) is 5.75 Å². The lowest BCUT2D eigenvalue weighted by Crippen LogP contribution is -2.31. The molecule has 2 atom stereocenters. The van der Waals surface area contributed by atoms with Crippen LogP contribution in [0.25, 0.3) is 0 Å². The van der Waals surface area contributed by atoms with Gasteiger partial charge in [0.2, 0.25) is 5.91 Å². The second-order valence-corrected chi connectivity index (χ2v) is 4.85. The average Bonchev–Trinajstić information content (AvgIpc) is 2.75. The highest BCUT2D eigenvalue weighted by molar-refractivity contribution is 5.73. The largest absolute Gasteiger partial charge is 0.488 e. The summed E-state index contributed by atoms with van der Waals surface area (Å²) in [6.45, 7) is 1.45. The summed E-state index contributed by atoms with van der Waals surface area (Å²) in [5.74, 6) is -0.565. The molecule has 0 radical (unpaired) electrons. The number of anilines is 1. The Morgan fingerprint density at radius 2 is 2.20 bits per heavy atom. The topological polar surface area (TPSA) is 82.0 Å². The molecule has 0 aromatic heterocycles. The van der Waals surface area contributed by atoms with Crippen molar-refractivity contribution in [3.05, 3.63) is 24.0 Å². The van der Waals surface area contributed by atoms with Crippen LogP contribution in [-0.2, 0) is 4.79 Å². The minimum atomic E-state index is -0.526. The van der Waals surface area contributed by atoms with Crippen LogP contribution in [0.2, 0.25) is 0 Å². The molecule has 1 aromatic carbocycles. The molecule has 1 amide bonds. The summed E-state index contributed by atoms with van der Waals surface area (Å²) in [5.41, 5.74) is -0.0330. The Morgan fingerprint density at radius 3 is 2.85 bits per heavy atom. The second kappa shape index (κ2) is 6.06. The smallest absolute Gasteiger partial charge is 0.217 e. The lowest BCUT2D eigenvalue weighted by Gasteiger charge is -2.19. The van der Waals surface area contributed by atoms with Crippen molar-refractivity contribution in [3.63, 3.8) is 0 Å². The van der Waals surface area contributed by atoms with Crippen LogP contribution in [0.15, 0.2) is 18.2 Å². The SMILES string of the molecule is CC(=O)NC1CCC(Oc2cc(F)ccc2N(O)O)C1. The van der Waals surface area contributed by atoms with Crippen LogP contribution in [0.5, 0.6) is 5.75 Å². The normalized spacial score (nSPS) is 21.6. The minimum absolute atomic E-state index is 0.0330. The molecule has 1 aliphatic rings. The van der Waals surface area contributed by atoms with Crippen molar-refractivity contribution >= 4 is 11.6 Å². The van der Waals surface area contributed by atoms with Gasteiger partial charge in [-0.1, -0.05) is 0 Å². The molecule has 0 aliphatic heterocycles. The number of nitrogens with one attached hydrogen (secondary N) is 1. The molecule has 3 N–H and O–H groups in total. The van der Waals surface area contributed by atoms with E-state index in [1.807, 2.05) is 0 Å². The highest BCUT2D eigenvalue weighted by Gasteiger charge is 2.27. The minimum Gasteiger partial charge on any atom is -0.488 e. The summed E-state index contributed by atoms with van der Waals surface area (Å²) < 4.78 is 18.8. The molecule has 110 valence electrons. The van der Waals surface area contributed by atoms with E-state index in [0.29, 0.717) is 12.8 Å². The maximum Gasteiger partial charge on any atom is 0.217 e. The quantitative estimate of drug-likeness (QED) is 0.735. The number of hydrogen-bond donors (Lipinski definition) is 3. The van der Waals surface area contributed by atoms with Crippen molar-refractivity contribution in [3.8, 4) is 5.75 Å². The molecule has 20 heavy (non-hydrogen) atoms. The Morgan fingerprint density at radius 1 is 1.45 bits per heavy atom. The number of halogens is 1. The van der Waals surface area contributed by atoms with Gasteiger partial charge in [0.1, 0.15) is 17.6 Å². The molecule has 1 aromatic rings. The Balaban J connectivity index is 2.04. The van der Waals surface area contributed by atoms with Crippen molar-refractivity contribution in [2.45, 2.75) is 38.3 Å². The molecule has 1 aliphatic carbocycles. The van der Waals surface area contributed by atoms with E-state index < -0.39 is 5.82 Å². The van der Waals surface area contributed by atoms with Crippen molar-refractivity contribution in [1.29, 1.82) is 0 Å². The third-order valence-corrected chi connectivity index (χ3v) is 3.22. The van der Waals surface area contributed by atoms with Gasteiger partial charge in [-0.05, 0) is 25.0 Å². The first-order valence-electron chi connectivity index (χ1n) is 6.37. The zero-order valence-corrected chi connectivity index (χ0v) is 11.0. The van der Waals surface area contributed by atoms with E-state index in [0.717, 1.165) is 18.6 Å². The van der Waals surface area contributed by atoms with Gasteiger partial charge < -0.3 is 10.1 Å². The van der Waals surface area contributed by atoms with Crippen LogP contribution in [0, 0.1) is 5.82 Å². The number of benzene rings is 1. The van der Waals surface area contributed by atoms with Crippen molar-refractivity contribution < 1.29 is 24.3 Å². The Labute approximate surface area is 115 Å². The zero-order chi connectivity index (χ0) is 14.7. The van der Waals surface area contributed by atoms with E-state index in [4.69, 9.17) is 15.2 Å². The molecule has 1 saturated carbocycles. The summed E-state index contributed by atoms with van der Waals surface area (Å²) in [6.07, 6.45) is 1.88. The third kappa shape index (κ3) is 3.58. The third-order valence-electron chi connectivity index (χ3n) is 3.22. The number of rotatable bonds is 4. The number of hydrogen-bond acceptors (Lipinski definition) is 5. The maximum absolute atomic E-state index is 13.2. The van der Waals surface area contributed by atoms with Crippen LogP contribution < -0.4 is 15.3 Å². The van der Waals surface area contributed by atoms with Crippen molar-refractivity contribution in [2.24, 2.45) is 0 Å². The summed E-state index contributed by atoms with van der Waals surface area (Å²) in [5, 5.41) is 20.8. The molecule has 2 rings (SSSR count). The fourth-order valence-electron chi connectivity index (χ4n) is 2.39. The maximum atomic E-state index is 13.2. The molecule has 2 unspecified atom stereocenters. The van der Waals surface area contributed by atoms with Gasteiger partial charge in [-0.3, -0.25) is 15.2 Å². The van der Waals surface area contributed by atoms with Crippen molar-refractivity contribution in [2.75, 3.05) is 5.23 Å². The highest BCUT2D eigenvalue weighted by Crippen LogP contribution is 2.32. The number of nitrogens with zero attached hydrogens (tertiary/aromatic N) is 1. The Hall–Kier alpha value is -1.86. The van der Waals surface area contributed by atoms with Gasteiger partial charge in [0.25, 0.3) is 0 Å². The average molecular weight is 284 g/mol. The first-order valence-corrected chi connectivity index (χ1v) is 6.37. The first kappa shape index (κ1) is 14.5. The van der Waals surface area contributed by atoms with Gasteiger partial charge in [-0.25, -0.2) is 4.39 Å². The van der Waals surface area contributed by atoms with Crippen LogP contribution >= 0.6 is 0 Å². The highest BCUT2D eigenvalue weighted by atomic mass is 19.1. The lowest BCUT2D eigenvalue weighted by atomic mass is 10.2. The molecular formula is C13H17FN2O4. The van der Waals surface area contributed by atoms with Gasteiger partial charge in [0.05, 0.1) is 0 Å². The number of ether oxygens (including phenoxy) is 1. The molecular weight excluding hydrogens is 267 g/mol. The molecule has 0 bridgehead atoms. The van der Waals surface area contributed by atoms with Crippen LogP contribution in [0.3, 0.4) is 0 Å². The molecule has 1 fully saturated rings. The molecule has 7 heteroatoms. The Kier molecular flexibility index (Phi) is 4.41. The fraction of sp³-hybridized carbons (Fsp3) is 0.462. The van der Waals surface area contributed by atoms with E-state index in [9.17, 15) is 9.18 Å². The summed E-state index contributed by atoms with van der Waals surface area (Å²) in [6, 6.07) is 3.45. The van der Waals surface area contributed by atoms with E-state index in [1.54, 1.807) is 0 Å². The first-order chi connectivity index (χ1) is 9.45. The molecule has 0 saturated heterocycles. The monoisotopic (exact) mass is 284 g/mol. The van der Waals surface area contributed by atoms with E-state index >= 15 is 0 Å². The summed E-state index contributed by atoms with van der Waals surface area (Å²) in [7, 11) is 0. The van der Waals surface area contributed by atoms with Crippen LogP contribution in [0.4, 0.5) is 10.1 Å². The Bertz CT molecular complexity index is 495. The van der Waals surface area contributed by atoms with E-state index in [-0.39, 0.29) is 34.7 Å². The van der Waals surface area contributed by atoms with Crippen LogP contribution in [0.1, 0.15) is 26.2 Å². The number of carbonyl (C=O) groups is 1. The predicted octanol–water partition coefficient (Wildman–Crippen LogP) is 1.85. The molecule has 0 spiro atoms. The van der Waals surface area contributed by atoms with Crippen LogP contribution in [-0.4, -0.2) is 28.5 Å². The number of amides is 1. The van der Waals surface area contributed by atoms with E-state index in [1.165, 1.54) is 13.0 Å². The zero-order valence-electron chi connectivity index (χ0n) is 11.0. The fourth-order valence-corrected chi connectivity index (χ4v) is 2.39. The van der Waals surface area contributed by atoms with Gasteiger partial charge >= 0.3 is 0 Å². The molecule has 0 heterocycles. The van der Waals surface area contributed by atoms with Crippen molar-refractivity contribution in [1.82, 2.24) is 5.32 Å². The van der Waals surface area contributed by atoms with Gasteiger partial charge in [-0.15, -0.1) is 5.23 Å². The van der Waals surface area contributed by atoms with Gasteiger partial charge in [0, 0.05) is 25.5 Å². The summed E-state index contributed by atoms with van der Waals surface area (Å²) in [4.78, 5) is 11.0. The standard InChI is InChI=1S/C13H17FN2O4/c1-8(17)15-10-3-4-11(7-10)20-13-6-9(14)2-5-12(13)16(18)19/h2,5-6,10-11,18-19H,3-4,7H2,1H3,(H,15,17). The van der Waals surface area contributed by atoms with Gasteiger partial charge in [-0.2, -0.15) is 0 Å². The predicted molar refractivity (Wildman–Crippen MR) is 68.3 cm³/mol. The molecule has 6 nitrogen and oxygen atoms in total. The number of carbonyl (C=O) groups excluding carboxylic acids is 1. The summed E-state index contributed by atoms with van der Waals surface area (Å²) >= 11 is 0. The lowest BCUT2D eigenvalue weighted by molar-refractivity contribution is -0.119. The second-order valence-electron chi connectivity index (χ2n) is 4.85. The van der Waals surface area contributed by atoms with E-state index in [2.05, 4.69) is 5.32 Å².